The molecule has 1 rings (SSSR count). The first-order valence-electron chi connectivity index (χ1n) is 6.52. The van der Waals surface area contributed by atoms with E-state index in [2.05, 4.69) is 16.7 Å². The summed E-state index contributed by atoms with van der Waals surface area (Å²) in [6.07, 6.45) is 0.313. The van der Waals surface area contributed by atoms with Gasteiger partial charge in [0, 0.05) is 24.6 Å². The number of Topliss-reactive ketones (excluding diaryl/α,β-unsaturated/α-hetero) is 1. The lowest BCUT2D eigenvalue weighted by atomic mass is 10.1. The lowest BCUT2D eigenvalue weighted by Gasteiger charge is -2.11. The topological polar surface area (TPSA) is 82.0 Å². The van der Waals surface area contributed by atoms with E-state index in [1.54, 1.807) is 18.2 Å². The van der Waals surface area contributed by atoms with E-state index in [1.807, 2.05) is 13.8 Å². The van der Waals surface area contributed by atoms with E-state index in [-0.39, 0.29) is 17.7 Å². The van der Waals surface area contributed by atoms with Gasteiger partial charge in [0.1, 0.15) is 6.07 Å². The third kappa shape index (κ3) is 4.73. The molecule has 0 aliphatic heterocycles. The number of nitriles is 1. The number of benzene rings is 1. The van der Waals surface area contributed by atoms with Crippen LogP contribution < -0.4 is 10.6 Å². The molecule has 0 unspecified atom stereocenters. The first-order chi connectivity index (χ1) is 9.43. The standard InChI is InChI=1S/C15H19N3O2/c1-10(2)18-15(20)6-7-17-14-8-12(11(3)19)4-5-13(14)9-16/h4-5,8,10,17H,6-7H2,1-3H3,(H,18,20). The largest absolute Gasteiger partial charge is 0.383 e. The quantitative estimate of drug-likeness (QED) is 0.777. The summed E-state index contributed by atoms with van der Waals surface area (Å²) < 4.78 is 0. The molecule has 0 fully saturated rings. The first kappa shape index (κ1) is 15.7. The minimum absolute atomic E-state index is 0.0475. The Balaban J connectivity index is 2.67. The highest BCUT2D eigenvalue weighted by Crippen LogP contribution is 2.17. The van der Waals surface area contributed by atoms with Gasteiger partial charge in [-0.25, -0.2) is 0 Å². The number of rotatable bonds is 6. The van der Waals surface area contributed by atoms with Crippen LogP contribution in [0.25, 0.3) is 0 Å². The van der Waals surface area contributed by atoms with Crippen molar-refractivity contribution in [1.82, 2.24) is 5.32 Å². The third-order valence-electron chi connectivity index (χ3n) is 2.66. The van der Waals surface area contributed by atoms with Crippen molar-refractivity contribution in [3.63, 3.8) is 0 Å². The molecule has 5 heteroatoms. The van der Waals surface area contributed by atoms with Crippen LogP contribution in [-0.2, 0) is 4.79 Å². The highest BCUT2D eigenvalue weighted by atomic mass is 16.1. The molecule has 1 aromatic rings. The van der Waals surface area contributed by atoms with Crippen LogP contribution in [0.4, 0.5) is 5.69 Å². The molecule has 0 saturated heterocycles. The zero-order valence-corrected chi connectivity index (χ0v) is 12.0. The average molecular weight is 273 g/mol. The lowest BCUT2D eigenvalue weighted by molar-refractivity contribution is -0.121. The van der Waals surface area contributed by atoms with Crippen LogP contribution in [0.15, 0.2) is 18.2 Å². The molecule has 0 bridgehead atoms. The molecule has 0 atom stereocenters. The number of anilines is 1. The van der Waals surface area contributed by atoms with Gasteiger partial charge in [0.25, 0.3) is 0 Å². The molecular formula is C15H19N3O2. The van der Waals surface area contributed by atoms with Crippen molar-refractivity contribution >= 4 is 17.4 Å². The van der Waals surface area contributed by atoms with E-state index >= 15 is 0 Å². The van der Waals surface area contributed by atoms with Crippen molar-refractivity contribution in [2.24, 2.45) is 0 Å². The van der Waals surface area contributed by atoms with Gasteiger partial charge in [-0.05, 0) is 39.0 Å². The number of hydrogen-bond donors (Lipinski definition) is 2. The van der Waals surface area contributed by atoms with Gasteiger partial charge in [0.2, 0.25) is 5.91 Å². The maximum atomic E-state index is 11.5. The molecule has 0 radical (unpaired) electrons. The summed E-state index contributed by atoms with van der Waals surface area (Å²) in [6, 6.07) is 7.03. The maximum absolute atomic E-state index is 11.5. The Morgan fingerprint density at radius 1 is 1.35 bits per heavy atom. The molecule has 106 valence electrons. The molecule has 0 aliphatic rings. The summed E-state index contributed by atoms with van der Waals surface area (Å²) in [5, 5.41) is 14.8. The molecule has 0 heterocycles. The maximum Gasteiger partial charge on any atom is 0.221 e. The first-order valence-corrected chi connectivity index (χ1v) is 6.52. The van der Waals surface area contributed by atoms with E-state index in [1.165, 1.54) is 6.92 Å². The predicted octanol–water partition coefficient (Wildman–Crippen LogP) is 2.09. The van der Waals surface area contributed by atoms with Crippen molar-refractivity contribution in [3.8, 4) is 6.07 Å². The summed E-state index contributed by atoms with van der Waals surface area (Å²) in [4.78, 5) is 22.8. The number of carbonyl (C=O) groups is 2. The molecule has 20 heavy (non-hydrogen) atoms. The van der Waals surface area contributed by atoms with E-state index in [0.29, 0.717) is 29.8 Å². The number of amides is 1. The van der Waals surface area contributed by atoms with Crippen LogP contribution in [0.2, 0.25) is 0 Å². The molecule has 5 nitrogen and oxygen atoms in total. The van der Waals surface area contributed by atoms with Crippen molar-refractivity contribution in [3.05, 3.63) is 29.3 Å². The van der Waals surface area contributed by atoms with E-state index in [9.17, 15) is 9.59 Å². The SMILES string of the molecule is CC(=O)c1ccc(C#N)c(NCCC(=O)NC(C)C)c1. The Bertz CT molecular complexity index is 545. The van der Waals surface area contributed by atoms with Gasteiger partial charge in [0.05, 0.1) is 11.3 Å². The summed E-state index contributed by atoms with van der Waals surface area (Å²) in [7, 11) is 0. The molecular weight excluding hydrogens is 254 g/mol. The zero-order chi connectivity index (χ0) is 15.1. The zero-order valence-electron chi connectivity index (χ0n) is 12.0. The molecule has 0 aliphatic carbocycles. The van der Waals surface area contributed by atoms with Gasteiger partial charge >= 0.3 is 0 Å². The summed E-state index contributed by atoms with van der Waals surface area (Å²) in [5.74, 6) is -0.108. The van der Waals surface area contributed by atoms with E-state index in [4.69, 9.17) is 5.26 Å². The second-order valence-corrected chi connectivity index (χ2v) is 4.83. The highest BCUT2D eigenvalue weighted by molar-refractivity contribution is 5.95. The predicted molar refractivity (Wildman–Crippen MR) is 77.5 cm³/mol. The van der Waals surface area contributed by atoms with Crippen molar-refractivity contribution < 1.29 is 9.59 Å². The van der Waals surface area contributed by atoms with Crippen LogP contribution >= 0.6 is 0 Å². The number of carbonyl (C=O) groups excluding carboxylic acids is 2. The number of nitrogens with one attached hydrogen (secondary N) is 2. The Kier molecular flexibility index (Phi) is 5.73. The van der Waals surface area contributed by atoms with Gasteiger partial charge < -0.3 is 10.6 Å². The minimum atomic E-state index is -0.0601. The van der Waals surface area contributed by atoms with Crippen LogP contribution in [0.5, 0.6) is 0 Å². The Hall–Kier alpha value is -2.35. The smallest absolute Gasteiger partial charge is 0.221 e. The molecule has 0 aromatic heterocycles. The fourth-order valence-corrected chi connectivity index (χ4v) is 1.71. The van der Waals surface area contributed by atoms with Crippen LogP contribution in [0, 0.1) is 11.3 Å². The number of nitrogens with zero attached hydrogens (tertiary/aromatic N) is 1. The summed E-state index contributed by atoms with van der Waals surface area (Å²) in [6.45, 7) is 5.68. The van der Waals surface area contributed by atoms with E-state index in [0.717, 1.165) is 0 Å². The molecule has 1 amide bonds. The second kappa shape index (κ2) is 7.29. The number of ketones is 1. The van der Waals surface area contributed by atoms with Gasteiger partial charge in [-0.15, -0.1) is 0 Å². The summed E-state index contributed by atoms with van der Waals surface area (Å²) >= 11 is 0. The van der Waals surface area contributed by atoms with Crippen LogP contribution in [0.3, 0.4) is 0 Å². The van der Waals surface area contributed by atoms with E-state index < -0.39 is 0 Å². The number of hydrogen-bond acceptors (Lipinski definition) is 4. The molecule has 0 saturated carbocycles. The van der Waals surface area contributed by atoms with Crippen molar-refractivity contribution in [2.75, 3.05) is 11.9 Å². The molecule has 2 N–H and O–H groups in total. The lowest BCUT2D eigenvalue weighted by Crippen LogP contribution is -2.31. The molecule has 0 spiro atoms. The van der Waals surface area contributed by atoms with Gasteiger partial charge in [-0.3, -0.25) is 9.59 Å². The Morgan fingerprint density at radius 3 is 2.60 bits per heavy atom. The normalized spacial score (nSPS) is 9.95. The van der Waals surface area contributed by atoms with Gasteiger partial charge in [0.15, 0.2) is 5.78 Å². The summed E-state index contributed by atoms with van der Waals surface area (Å²) in [5.41, 5.74) is 1.58. The fourth-order valence-electron chi connectivity index (χ4n) is 1.71. The van der Waals surface area contributed by atoms with Gasteiger partial charge in [-0.2, -0.15) is 5.26 Å². The van der Waals surface area contributed by atoms with Crippen molar-refractivity contribution in [1.29, 1.82) is 5.26 Å². The van der Waals surface area contributed by atoms with Crippen molar-refractivity contribution in [2.45, 2.75) is 33.2 Å². The third-order valence-corrected chi connectivity index (χ3v) is 2.66. The second-order valence-electron chi connectivity index (χ2n) is 4.83. The van der Waals surface area contributed by atoms with Gasteiger partial charge in [-0.1, -0.05) is 0 Å². The van der Waals surface area contributed by atoms with Crippen LogP contribution in [-0.4, -0.2) is 24.3 Å². The van der Waals surface area contributed by atoms with Crippen LogP contribution in [0.1, 0.15) is 43.1 Å². The Morgan fingerprint density at radius 2 is 2.05 bits per heavy atom. The monoisotopic (exact) mass is 273 g/mol. The fraction of sp³-hybridized carbons (Fsp3) is 0.400. The highest BCUT2D eigenvalue weighted by Gasteiger charge is 2.07. The minimum Gasteiger partial charge on any atom is -0.383 e. The average Bonchev–Trinajstić information content (AvgIpc) is 2.37. The molecule has 1 aromatic carbocycles. The Labute approximate surface area is 119 Å².